The summed E-state index contributed by atoms with van der Waals surface area (Å²) in [4.78, 5) is 0. The minimum Gasteiger partial charge on any atom is -0.316 e. The van der Waals surface area contributed by atoms with E-state index < -0.39 is 11.6 Å². The molecule has 0 atom stereocenters. The first-order chi connectivity index (χ1) is 9.02. The number of aryl methyl sites for hydroxylation is 1. The second-order valence-electron chi connectivity index (χ2n) is 4.41. The molecule has 0 fully saturated rings. The van der Waals surface area contributed by atoms with Crippen molar-refractivity contribution in [3.8, 4) is 11.1 Å². The van der Waals surface area contributed by atoms with Crippen molar-refractivity contribution in [3.05, 3.63) is 58.1 Å². The predicted octanol–water partition coefficient (Wildman–Crippen LogP) is 4.31. The summed E-state index contributed by atoms with van der Waals surface area (Å²) >= 11 is 5.94. The third kappa shape index (κ3) is 2.94. The van der Waals surface area contributed by atoms with Crippen LogP contribution in [0.5, 0.6) is 0 Å². The van der Waals surface area contributed by atoms with E-state index in [2.05, 4.69) is 5.32 Å². The highest BCUT2D eigenvalue weighted by Gasteiger charge is 2.13. The fourth-order valence-corrected chi connectivity index (χ4v) is 2.21. The van der Waals surface area contributed by atoms with Crippen LogP contribution in [0.25, 0.3) is 11.1 Å². The molecule has 2 rings (SSSR count). The highest BCUT2D eigenvalue weighted by molar-refractivity contribution is 6.30. The molecule has 19 heavy (non-hydrogen) atoms. The summed E-state index contributed by atoms with van der Waals surface area (Å²) in [7, 11) is 1.79. The number of nitrogens with one attached hydrogen (secondary N) is 1. The van der Waals surface area contributed by atoms with Crippen molar-refractivity contribution >= 4 is 11.6 Å². The van der Waals surface area contributed by atoms with Crippen molar-refractivity contribution in [2.24, 2.45) is 0 Å². The molecule has 0 unspecified atom stereocenters. The van der Waals surface area contributed by atoms with Crippen molar-refractivity contribution < 1.29 is 8.78 Å². The molecule has 0 saturated heterocycles. The molecule has 0 saturated carbocycles. The van der Waals surface area contributed by atoms with Crippen molar-refractivity contribution in [2.75, 3.05) is 7.05 Å². The van der Waals surface area contributed by atoms with E-state index in [9.17, 15) is 8.78 Å². The zero-order valence-electron chi connectivity index (χ0n) is 10.7. The fraction of sp³-hybridized carbons (Fsp3) is 0.200. The first-order valence-electron chi connectivity index (χ1n) is 5.92. The van der Waals surface area contributed by atoms with Crippen molar-refractivity contribution in [1.29, 1.82) is 0 Å². The van der Waals surface area contributed by atoms with Crippen LogP contribution in [0.4, 0.5) is 8.78 Å². The molecule has 0 spiro atoms. The van der Waals surface area contributed by atoms with Gasteiger partial charge in [-0.2, -0.15) is 0 Å². The number of benzene rings is 2. The normalized spacial score (nSPS) is 10.8. The lowest BCUT2D eigenvalue weighted by Gasteiger charge is -2.12. The number of hydrogen-bond donors (Lipinski definition) is 1. The molecular weight excluding hydrogens is 268 g/mol. The Morgan fingerprint density at radius 2 is 1.79 bits per heavy atom. The Kier molecular flexibility index (Phi) is 4.17. The summed E-state index contributed by atoms with van der Waals surface area (Å²) in [6, 6.07) is 7.58. The zero-order chi connectivity index (χ0) is 14.0. The van der Waals surface area contributed by atoms with Crippen LogP contribution in [0.15, 0.2) is 30.3 Å². The van der Waals surface area contributed by atoms with E-state index in [1.165, 1.54) is 12.1 Å². The van der Waals surface area contributed by atoms with E-state index in [0.717, 1.165) is 5.56 Å². The first kappa shape index (κ1) is 14.0. The Labute approximate surface area is 116 Å². The van der Waals surface area contributed by atoms with Crippen LogP contribution in [-0.2, 0) is 6.54 Å². The molecule has 0 heterocycles. The smallest absolute Gasteiger partial charge is 0.131 e. The van der Waals surface area contributed by atoms with Crippen LogP contribution in [-0.4, -0.2) is 7.05 Å². The van der Waals surface area contributed by atoms with E-state index in [1.807, 2.05) is 0 Å². The fourth-order valence-electron chi connectivity index (χ4n) is 2.01. The van der Waals surface area contributed by atoms with Gasteiger partial charge in [-0.05, 0) is 54.9 Å². The average Bonchev–Trinajstić information content (AvgIpc) is 2.35. The van der Waals surface area contributed by atoms with Gasteiger partial charge in [0, 0.05) is 17.1 Å². The van der Waals surface area contributed by atoms with E-state index in [-0.39, 0.29) is 5.56 Å². The SMILES string of the molecule is CNCc1cc(Cl)ccc1-c1cc(F)c(C)cc1F. The largest absolute Gasteiger partial charge is 0.316 e. The van der Waals surface area contributed by atoms with Crippen LogP contribution in [0, 0.1) is 18.6 Å². The Balaban J connectivity index is 2.61. The summed E-state index contributed by atoms with van der Waals surface area (Å²) in [6.07, 6.45) is 0. The van der Waals surface area contributed by atoms with Gasteiger partial charge in [0.25, 0.3) is 0 Å². The minimum absolute atomic E-state index is 0.255. The molecule has 100 valence electrons. The summed E-state index contributed by atoms with van der Waals surface area (Å²) in [5.74, 6) is -0.847. The standard InChI is InChI=1S/C15H14ClF2N/c1-9-5-15(18)13(7-14(9)17)12-4-3-11(16)6-10(12)8-19-2/h3-7,19H,8H2,1-2H3. The van der Waals surface area contributed by atoms with Gasteiger partial charge < -0.3 is 5.32 Å². The van der Waals surface area contributed by atoms with Crippen molar-refractivity contribution in [1.82, 2.24) is 5.32 Å². The molecule has 1 N–H and O–H groups in total. The summed E-state index contributed by atoms with van der Waals surface area (Å²) in [5, 5.41) is 3.56. The van der Waals surface area contributed by atoms with Crippen LogP contribution in [0.1, 0.15) is 11.1 Å². The topological polar surface area (TPSA) is 12.0 Å². The van der Waals surface area contributed by atoms with Gasteiger partial charge in [-0.25, -0.2) is 8.78 Å². The van der Waals surface area contributed by atoms with Crippen LogP contribution < -0.4 is 5.32 Å². The molecule has 0 radical (unpaired) electrons. The lowest BCUT2D eigenvalue weighted by Crippen LogP contribution is -2.07. The minimum atomic E-state index is -0.432. The quantitative estimate of drug-likeness (QED) is 0.884. The molecule has 2 aromatic carbocycles. The maximum Gasteiger partial charge on any atom is 0.131 e. The van der Waals surface area contributed by atoms with Gasteiger partial charge in [0.2, 0.25) is 0 Å². The monoisotopic (exact) mass is 281 g/mol. The molecule has 4 heteroatoms. The van der Waals surface area contributed by atoms with Gasteiger partial charge in [-0.15, -0.1) is 0 Å². The maximum absolute atomic E-state index is 14.0. The van der Waals surface area contributed by atoms with Crippen LogP contribution in [0.2, 0.25) is 5.02 Å². The highest BCUT2D eigenvalue weighted by Crippen LogP contribution is 2.30. The van der Waals surface area contributed by atoms with E-state index in [0.29, 0.717) is 22.7 Å². The van der Waals surface area contributed by atoms with Gasteiger partial charge in [0.1, 0.15) is 11.6 Å². The molecule has 0 amide bonds. The van der Waals surface area contributed by atoms with Gasteiger partial charge >= 0.3 is 0 Å². The molecule has 0 aromatic heterocycles. The van der Waals surface area contributed by atoms with Gasteiger partial charge in [0.15, 0.2) is 0 Å². The number of hydrogen-bond acceptors (Lipinski definition) is 1. The molecule has 0 aliphatic heterocycles. The zero-order valence-corrected chi connectivity index (χ0v) is 11.5. The van der Waals surface area contributed by atoms with E-state index in [1.54, 1.807) is 32.2 Å². The van der Waals surface area contributed by atoms with Gasteiger partial charge in [-0.3, -0.25) is 0 Å². The Morgan fingerprint density at radius 3 is 2.47 bits per heavy atom. The third-order valence-corrected chi connectivity index (χ3v) is 3.21. The van der Waals surface area contributed by atoms with Crippen molar-refractivity contribution in [3.63, 3.8) is 0 Å². The Bertz CT molecular complexity index is 611. The van der Waals surface area contributed by atoms with Gasteiger partial charge in [0.05, 0.1) is 0 Å². The van der Waals surface area contributed by atoms with Crippen LogP contribution in [0.3, 0.4) is 0 Å². The molecule has 0 aliphatic carbocycles. The summed E-state index contributed by atoms with van der Waals surface area (Å²) < 4.78 is 27.7. The predicted molar refractivity (Wildman–Crippen MR) is 74.3 cm³/mol. The number of rotatable bonds is 3. The highest BCUT2D eigenvalue weighted by atomic mass is 35.5. The Hall–Kier alpha value is -1.45. The molecule has 0 aliphatic rings. The molecule has 1 nitrogen and oxygen atoms in total. The maximum atomic E-state index is 14.0. The summed E-state index contributed by atoms with van der Waals surface area (Å²) in [5.41, 5.74) is 2.03. The average molecular weight is 282 g/mol. The second-order valence-corrected chi connectivity index (χ2v) is 4.85. The lowest BCUT2D eigenvalue weighted by molar-refractivity contribution is 0.595. The third-order valence-electron chi connectivity index (χ3n) is 2.97. The summed E-state index contributed by atoms with van der Waals surface area (Å²) in [6.45, 7) is 2.07. The van der Waals surface area contributed by atoms with E-state index >= 15 is 0 Å². The second kappa shape index (κ2) is 5.68. The Morgan fingerprint density at radius 1 is 1.05 bits per heavy atom. The molecular formula is C15H14ClF2N. The van der Waals surface area contributed by atoms with E-state index in [4.69, 9.17) is 11.6 Å². The molecule has 2 aromatic rings. The lowest BCUT2D eigenvalue weighted by atomic mass is 9.98. The van der Waals surface area contributed by atoms with Crippen molar-refractivity contribution in [2.45, 2.75) is 13.5 Å². The van der Waals surface area contributed by atoms with Gasteiger partial charge in [-0.1, -0.05) is 17.7 Å². The molecule has 0 bridgehead atoms. The number of halogens is 3. The first-order valence-corrected chi connectivity index (χ1v) is 6.29. The van der Waals surface area contributed by atoms with Crippen LogP contribution >= 0.6 is 11.6 Å².